The summed E-state index contributed by atoms with van der Waals surface area (Å²) in [6, 6.07) is 31.5. The molecule has 0 unspecified atom stereocenters. The van der Waals surface area contributed by atoms with Gasteiger partial charge in [-0.1, -0.05) is 78.6 Å². The summed E-state index contributed by atoms with van der Waals surface area (Å²) in [7, 11) is -2.45. The zero-order valence-electron chi connectivity index (χ0n) is 21.2. The van der Waals surface area contributed by atoms with Crippen LogP contribution in [0.3, 0.4) is 0 Å². The predicted molar refractivity (Wildman–Crippen MR) is 152 cm³/mol. The van der Waals surface area contributed by atoms with E-state index in [1.165, 1.54) is 28.6 Å². The Labute approximate surface area is 228 Å². The van der Waals surface area contributed by atoms with Gasteiger partial charge >= 0.3 is 0 Å². The minimum Gasteiger partial charge on any atom is -0.497 e. The van der Waals surface area contributed by atoms with Crippen molar-refractivity contribution in [3.8, 4) is 17.6 Å². The highest BCUT2D eigenvalue weighted by atomic mass is 32.2. The Morgan fingerprint density at radius 1 is 0.872 bits per heavy atom. The van der Waals surface area contributed by atoms with Crippen LogP contribution in [0.2, 0.25) is 0 Å². The van der Waals surface area contributed by atoms with Gasteiger partial charge in [-0.15, -0.1) is 0 Å². The summed E-state index contributed by atoms with van der Waals surface area (Å²) < 4.78 is 33.8. The zero-order chi connectivity index (χ0) is 27.7. The Hall–Kier alpha value is -4.71. The molecule has 0 amide bonds. The third kappa shape index (κ3) is 6.99. The van der Waals surface area contributed by atoms with Crippen molar-refractivity contribution in [1.82, 2.24) is 4.31 Å². The van der Waals surface area contributed by atoms with Crippen LogP contribution in [0.15, 0.2) is 120 Å². The standard InChI is InChI=1S/C31H26N2O5S/c1-38-29-18-14-25(15-19-29)9-8-23-32(39(36,37)30-20-16-28(17-21-30)33(34)35)24-22-31(26-10-4-2-5-11-26)27-12-6-3-7-13-27/h2-7,10-22H,23-24H2,1H3. The minimum absolute atomic E-state index is 0.0374. The number of rotatable bonds is 9. The van der Waals surface area contributed by atoms with E-state index in [1.807, 2.05) is 66.7 Å². The lowest BCUT2D eigenvalue weighted by molar-refractivity contribution is -0.384. The number of benzene rings is 4. The van der Waals surface area contributed by atoms with E-state index >= 15 is 0 Å². The molecule has 0 aromatic heterocycles. The van der Waals surface area contributed by atoms with Crippen LogP contribution in [0.25, 0.3) is 5.57 Å². The maximum Gasteiger partial charge on any atom is 0.269 e. The summed E-state index contributed by atoms with van der Waals surface area (Å²) in [6.07, 6.45) is 1.86. The lowest BCUT2D eigenvalue weighted by Crippen LogP contribution is -2.32. The van der Waals surface area contributed by atoms with Crippen molar-refractivity contribution < 1.29 is 18.1 Å². The van der Waals surface area contributed by atoms with Gasteiger partial charge in [-0.2, -0.15) is 4.31 Å². The van der Waals surface area contributed by atoms with E-state index in [-0.39, 0.29) is 23.7 Å². The maximum absolute atomic E-state index is 13.7. The molecule has 4 rings (SSSR count). The molecule has 0 atom stereocenters. The van der Waals surface area contributed by atoms with E-state index < -0.39 is 14.9 Å². The third-order valence-electron chi connectivity index (χ3n) is 5.93. The number of nitro groups is 1. The molecule has 7 nitrogen and oxygen atoms in total. The summed E-state index contributed by atoms with van der Waals surface area (Å²) >= 11 is 0. The Morgan fingerprint density at radius 2 is 1.44 bits per heavy atom. The Bertz CT molecular complexity index is 1560. The van der Waals surface area contributed by atoms with Crippen LogP contribution in [0.4, 0.5) is 5.69 Å². The second kappa shape index (κ2) is 12.7. The highest BCUT2D eigenvalue weighted by molar-refractivity contribution is 7.89. The maximum atomic E-state index is 13.7. The topological polar surface area (TPSA) is 89.8 Å². The van der Waals surface area contributed by atoms with Crippen LogP contribution in [0, 0.1) is 22.0 Å². The number of methoxy groups -OCH3 is 1. The molecule has 4 aromatic carbocycles. The number of nitro benzene ring substituents is 1. The molecule has 4 aromatic rings. The van der Waals surface area contributed by atoms with Crippen LogP contribution in [0.5, 0.6) is 5.75 Å². The molecule has 0 aliphatic rings. The van der Waals surface area contributed by atoms with Gasteiger partial charge in [0, 0.05) is 24.2 Å². The molecular weight excluding hydrogens is 512 g/mol. The van der Waals surface area contributed by atoms with Crippen molar-refractivity contribution in [1.29, 1.82) is 0 Å². The second-order valence-corrected chi connectivity index (χ2v) is 10.4. The van der Waals surface area contributed by atoms with Crippen molar-refractivity contribution in [2.75, 3.05) is 20.2 Å². The fraction of sp³-hybridized carbons (Fsp3) is 0.0968. The fourth-order valence-electron chi connectivity index (χ4n) is 3.87. The van der Waals surface area contributed by atoms with Crippen LogP contribution >= 0.6 is 0 Å². The molecule has 196 valence electrons. The van der Waals surface area contributed by atoms with Crippen molar-refractivity contribution >= 4 is 21.3 Å². The monoisotopic (exact) mass is 538 g/mol. The van der Waals surface area contributed by atoms with Crippen LogP contribution in [-0.2, 0) is 10.0 Å². The summed E-state index contributed by atoms with van der Waals surface area (Å²) in [6.45, 7) is -0.0472. The van der Waals surface area contributed by atoms with Crippen LogP contribution in [0.1, 0.15) is 16.7 Å². The lowest BCUT2D eigenvalue weighted by atomic mass is 9.98. The Kier molecular flexibility index (Phi) is 8.90. The van der Waals surface area contributed by atoms with Gasteiger partial charge in [-0.05, 0) is 53.1 Å². The normalized spacial score (nSPS) is 10.8. The third-order valence-corrected chi connectivity index (χ3v) is 7.76. The molecule has 0 fully saturated rings. The SMILES string of the molecule is COc1ccc(C#CCN(CC=C(c2ccccc2)c2ccccc2)S(=O)(=O)c2ccc([N+](=O)[O-])cc2)cc1. The highest BCUT2D eigenvalue weighted by Gasteiger charge is 2.24. The van der Waals surface area contributed by atoms with Gasteiger partial charge in [0.1, 0.15) is 5.75 Å². The number of sulfonamides is 1. The summed E-state index contributed by atoms with van der Waals surface area (Å²) in [5.74, 6) is 6.67. The summed E-state index contributed by atoms with van der Waals surface area (Å²) in [4.78, 5) is 10.5. The first-order valence-corrected chi connectivity index (χ1v) is 13.5. The van der Waals surface area contributed by atoms with E-state index in [9.17, 15) is 18.5 Å². The minimum atomic E-state index is -4.03. The Balaban J connectivity index is 1.70. The number of hydrogen-bond donors (Lipinski definition) is 0. The molecule has 0 aliphatic carbocycles. The van der Waals surface area contributed by atoms with Crippen molar-refractivity contribution in [2.24, 2.45) is 0 Å². The average Bonchev–Trinajstić information content (AvgIpc) is 2.97. The molecule has 0 spiro atoms. The number of hydrogen-bond acceptors (Lipinski definition) is 5. The van der Waals surface area contributed by atoms with E-state index in [1.54, 1.807) is 31.4 Å². The van der Waals surface area contributed by atoms with Gasteiger partial charge in [0.2, 0.25) is 10.0 Å². The molecule has 0 N–H and O–H groups in total. The molecule has 0 heterocycles. The van der Waals surface area contributed by atoms with Gasteiger partial charge in [0.25, 0.3) is 5.69 Å². The molecule has 8 heteroatoms. The van der Waals surface area contributed by atoms with Crippen molar-refractivity contribution in [2.45, 2.75) is 4.90 Å². The summed E-state index contributed by atoms with van der Waals surface area (Å²) in [5.41, 5.74) is 3.30. The van der Waals surface area contributed by atoms with Crippen molar-refractivity contribution in [3.05, 3.63) is 142 Å². The predicted octanol–water partition coefficient (Wildman–Crippen LogP) is 5.78. The summed E-state index contributed by atoms with van der Waals surface area (Å²) in [5, 5.41) is 11.1. The highest BCUT2D eigenvalue weighted by Crippen LogP contribution is 2.25. The Morgan fingerprint density at radius 3 is 1.95 bits per heavy atom. The van der Waals surface area contributed by atoms with E-state index in [2.05, 4.69) is 11.8 Å². The van der Waals surface area contributed by atoms with Gasteiger partial charge < -0.3 is 4.74 Å². The molecule has 0 aliphatic heterocycles. The largest absolute Gasteiger partial charge is 0.497 e. The molecular formula is C31H26N2O5S. The number of nitrogens with zero attached hydrogens (tertiary/aromatic N) is 2. The van der Waals surface area contributed by atoms with E-state index in [4.69, 9.17) is 4.74 Å². The molecule has 0 saturated heterocycles. The molecule has 0 radical (unpaired) electrons. The smallest absolute Gasteiger partial charge is 0.269 e. The van der Waals surface area contributed by atoms with E-state index in [0.717, 1.165) is 16.7 Å². The first kappa shape index (κ1) is 27.3. The lowest BCUT2D eigenvalue weighted by Gasteiger charge is -2.19. The van der Waals surface area contributed by atoms with Crippen molar-refractivity contribution in [3.63, 3.8) is 0 Å². The van der Waals surface area contributed by atoms with Gasteiger partial charge in [-0.25, -0.2) is 8.42 Å². The fourth-order valence-corrected chi connectivity index (χ4v) is 5.16. The zero-order valence-corrected chi connectivity index (χ0v) is 22.0. The average molecular weight is 539 g/mol. The first-order valence-electron chi connectivity index (χ1n) is 12.1. The second-order valence-electron chi connectivity index (χ2n) is 8.43. The van der Waals surface area contributed by atoms with Gasteiger partial charge in [0.15, 0.2) is 0 Å². The first-order chi connectivity index (χ1) is 18.9. The molecule has 0 saturated carbocycles. The molecule has 0 bridgehead atoms. The van der Waals surface area contributed by atoms with Gasteiger partial charge in [-0.3, -0.25) is 10.1 Å². The van der Waals surface area contributed by atoms with Gasteiger partial charge in [0.05, 0.1) is 23.5 Å². The van der Waals surface area contributed by atoms with Crippen LogP contribution < -0.4 is 4.74 Å². The number of ether oxygens (including phenoxy) is 1. The van der Waals surface area contributed by atoms with E-state index in [0.29, 0.717) is 11.3 Å². The molecule has 39 heavy (non-hydrogen) atoms. The van der Waals surface area contributed by atoms with Crippen LogP contribution in [-0.4, -0.2) is 37.8 Å². The number of non-ortho nitro benzene ring substituents is 1. The quantitative estimate of drug-likeness (QED) is 0.153.